The van der Waals surface area contributed by atoms with Crippen molar-refractivity contribution in [2.24, 2.45) is 5.73 Å². The van der Waals surface area contributed by atoms with Gasteiger partial charge in [0, 0.05) is 6.54 Å². The van der Waals surface area contributed by atoms with E-state index in [4.69, 9.17) is 5.73 Å². The van der Waals surface area contributed by atoms with Crippen LogP contribution in [0.4, 0.5) is 0 Å². The number of unbranched alkanes of at least 4 members (excludes halogenated alkanes) is 4. The maximum Gasteiger partial charge on any atom is 0.0160 e. The molecule has 0 aliphatic heterocycles. The minimum absolute atomic E-state index is 0.846. The molecule has 0 saturated carbocycles. The van der Waals surface area contributed by atoms with Crippen LogP contribution in [0.25, 0.3) is 0 Å². The van der Waals surface area contributed by atoms with E-state index < -0.39 is 0 Å². The fourth-order valence-corrected chi connectivity index (χ4v) is 1.80. The van der Waals surface area contributed by atoms with E-state index in [1.807, 2.05) is 6.08 Å². The summed E-state index contributed by atoms with van der Waals surface area (Å²) in [5, 5.41) is 0. The van der Waals surface area contributed by atoms with E-state index in [1.165, 1.54) is 51.6 Å². The van der Waals surface area contributed by atoms with Crippen LogP contribution in [-0.2, 0) is 0 Å². The van der Waals surface area contributed by atoms with Gasteiger partial charge in [-0.1, -0.05) is 32.3 Å². The fraction of sp³-hybridized carbons (Fsp3) is 0.846. The summed E-state index contributed by atoms with van der Waals surface area (Å²) in [7, 11) is 0. The normalized spacial score (nSPS) is 10.9. The summed E-state index contributed by atoms with van der Waals surface area (Å²) in [6, 6.07) is 0. The lowest BCUT2D eigenvalue weighted by atomic mass is 10.1. The second-order valence-electron chi connectivity index (χ2n) is 4.15. The molecule has 0 fully saturated rings. The van der Waals surface area contributed by atoms with E-state index in [0.29, 0.717) is 0 Å². The van der Waals surface area contributed by atoms with Crippen LogP contribution in [0.1, 0.15) is 45.4 Å². The molecule has 0 aromatic heterocycles. The monoisotopic (exact) mass is 212 g/mol. The van der Waals surface area contributed by atoms with Crippen molar-refractivity contribution >= 4 is 0 Å². The van der Waals surface area contributed by atoms with Gasteiger partial charge in [0.2, 0.25) is 0 Å². The predicted molar refractivity (Wildman–Crippen MR) is 69.1 cm³/mol. The number of rotatable bonds is 11. The van der Waals surface area contributed by atoms with Gasteiger partial charge < -0.3 is 5.73 Å². The number of hydrogen-bond acceptors (Lipinski definition) is 2. The zero-order valence-corrected chi connectivity index (χ0v) is 10.4. The highest BCUT2D eigenvalue weighted by Gasteiger charge is 2.00. The number of hydrogen-bond donors (Lipinski definition) is 1. The van der Waals surface area contributed by atoms with E-state index in [1.54, 1.807) is 0 Å². The highest BCUT2D eigenvalue weighted by atomic mass is 15.1. The van der Waals surface area contributed by atoms with Gasteiger partial charge in [-0.3, -0.25) is 4.90 Å². The van der Waals surface area contributed by atoms with Gasteiger partial charge in [0.1, 0.15) is 0 Å². The van der Waals surface area contributed by atoms with Gasteiger partial charge in [0.15, 0.2) is 0 Å². The van der Waals surface area contributed by atoms with Crippen molar-refractivity contribution in [3.05, 3.63) is 12.7 Å². The molecule has 0 saturated heterocycles. The van der Waals surface area contributed by atoms with Crippen LogP contribution in [0.15, 0.2) is 12.7 Å². The van der Waals surface area contributed by atoms with Crippen LogP contribution >= 0.6 is 0 Å². The topological polar surface area (TPSA) is 29.3 Å². The minimum Gasteiger partial charge on any atom is -0.330 e. The lowest BCUT2D eigenvalue weighted by Gasteiger charge is -2.19. The highest BCUT2D eigenvalue weighted by Crippen LogP contribution is 2.04. The smallest absolute Gasteiger partial charge is 0.0160 e. The second-order valence-corrected chi connectivity index (χ2v) is 4.15. The summed E-state index contributed by atoms with van der Waals surface area (Å²) in [4.78, 5) is 2.48. The lowest BCUT2D eigenvalue weighted by Crippen LogP contribution is -2.25. The first-order valence-corrected chi connectivity index (χ1v) is 6.38. The molecule has 0 aromatic rings. The van der Waals surface area contributed by atoms with Crippen LogP contribution < -0.4 is 5.73 Å². The first kappa shape index (κ1) is 14.7. The molecule has 90 valence electrons. The van der Waals surface area contributed by atoms with Gasteiger partial charge in [-0.25, -0.2) is 0 Å². The average Bonchev–Trinajstić information content (AvgIpc) is 2.24. The van der Waals surface area contributed by atoms with Crippen molar-refractivity contribution in [2.45, 2.75) is 45.4 Å². The van der Waals surface area contributed by atoms with E-state index in [-0.39, 0.29) is 0 Å². The van der Waals surface area contributed by atoms with Gasteiger partial charge in [0.05, 0.1) is 0 Å². The molecule has 2 nitrogen and oxygen atoms in total. The zero-order valence-electron chi connectivity index (χ0n) is 10.4. The van der Waals surface area contributed by atoms with Crippen molar-refractivity contribution in [1.29, 1.82) is 0 Å². The maximum absolute atomic E-state index is 5.45. The standard InChI is InChI=1S/C13H28N2/c1-3-11-15(12-4-2)13-9-7-5-6-8-10-14/h3H,1,4-14H2,2H3. The first-order valence-electron chi connectivity index (χ1n) is 6.38. The lowest BCUT2D eigenvalue weighted by molar-refractivity contribution is 0.294. The van der Waals surface area contributed by atoms with E-state index >= 15 is 0 Å². The second kappa shape index (κ2) is 11.7. The Balaban J connectivity index is 3.32. The maximum atomic E-state index is 5.45. The van der Waals surface area contributed by atoms with Crippen molar-refractivity contribution < 1.29 is 0 Å². The van der Waals surface area contributed by atoms with E-state index in [2.05, 4.69) is 18.4 Å². The fourth-order valence-electron chi connectivity index (χ4n) is 1.80. The quantitative estimate of drug-likeness (QED) is 0.421. The molecular formula is C13H28N2. The van der Waals surface area contributed by atoms with E-state index in [9.17, 15) is 0 Å². The van der Waals surface area contributed by atoms with Gasteiger partial charge in [-0.2, -0.15) is 0 Å². The summed E-state index contributed by atoms with van der Waals surface area (Å²) in [6.07, 6.45) is 9.73. The third-order valence-corrected chi connectivity index (χ3v) is 2.61. The molecule has 0 heterocycles. The molecule has 2 heteroatoms. The number of nitrogens with two attached hydrogens (primary N) is 1. The largest absolute Gasteiger partial charge is 0.330 e. The van der Waals surface area contributed by atoms with Crippen LogP contribution in [0.5, 0.6) is 0 Å². The summed E-state index contributed by atoms with van der Waals surface area (Å²) < 4.78 is 0. The molecule has 0 aromatic carbocycles. The Morgan fingerprint density at radius 1 is 1.07 bits per heavy atom. The Kier molecular flexibility index (Phi) is 11.5. The number of nitrogens with zero attached hydrogens (tertiary/aromatic N) is 1. The molecule has 15 heavy (non-hydrogen) atoms. The summed E-state index contributed by atoms with van der Waals surface area (Å²) in [6.45, 7) is 10.3. The summed E-state index contributed by atoms with van der Waals surface area (Å²) >= 11 is 0. The Bertz CT molecular complexity index is 134. The Hall–Kier alpha value is -0.340. The Morgan fingerprint density at radius 2 is 1.73 bits per heavy atom. The SMILES string of the molecule is C=CCN(CCC)CCCCCCCN. The average molecular weight is 212 g/mol. The zero-order chi connectivity index (χ0) is 11.4. The van der Waals surface area contributed by atoms with Gasteiger partial charge in [-0.05, 0) is 38.9 Å². The van der Waals surface area contributed by atoms with Gasteiger partial charge in [0.25, 0.3) is 0 Å². The van der Waals surface area contributed by atoms with Crippen molar-refractivity contribution in [3.63, 3.8) is 0 Å². The first-order chi connectivity index (χ1) is 7.35. The highest BCUT2D eigenvalue weighted by molar-refractivity contribution is 4.73. The van der Waals surface area contributed by atoms with Gasteiger partial charge >= 0.3 is 0 Å². The van der Waals surface area contributed by atoms with Crippen LogP contribution in [0, 0.1) is 0 Å². The van der Waals surface area contributed by atoms with Crippen LogP contribution in [0.3, 0.4) is 0 Å². The minimum atomic E-state index is 0.846. The van der Waals surface area contributed by atoms with Crippen LogP contribution in [0.2, 0.25) is 0 Å². The summed E-state index contributed by atoms with van der Waals surface area (Å²) in [5.41, 5.74) is 5.45. The van der Waals surface area contributed by atoms with Crippen LogP contribution in [-0.4, -0.2) is 31.1 Å². The molecule has 0 bridgehead atoms. The molecule has 2 N–H and O–H groups in total. The molecule has 0 radical (unpaired) electrons. The van der Waals surface area contributed by atoms with Crippen molar-refractivity contribution in [3.8, 4) is 0 Å². The third-order valence-electron chi connectivity index (χ3n) is 2.61. The molecule has 0 amide bonds. The molecular weight excluding hydrogens is 184 g/mol. The van der Waals surface area contributed by atoms with Crippen molar-refractivity contribution in [1.82, 2.24) is 4.90 Å². The Morgan fingerprint density at radius 3 is 2.33 bits per heavy atom. The molecule has 0 aliphatic rings. The molecule has 0 aliphatic carbocycles. The van der Waals surface area contributed by atoms with Gasteiger partial charge in [-0.15, -0.1) is 6.58 Å². The Labute approximate surface area is 95.5 Å². The van der Waals surface area contributed by atoms with E-state index in [0.717, 1.165) is 13.1 Å². The molecule has 0 atom stereocenters. The molecule has 0 unspecified atom stereocenters. The molecule has 0 rings (SSSR count). The summed E-state index contributed by atoms with van der Waals surface area (Å²) in [5.74, 6) is 0. The molecule has 0 spiro atoms. The third kappa shape index (κ3) is 9.95. The van der Waals surface area contributed by atoms with Crippen molar-refractivity contribution in [2.75, 3.05) is 26.2 Å². The predicted octanol–water partition coefficient (Wildman–Crippen LogP) is 2.79.